The molecule has 8 nitrogen and oxygen atoms in total. The van der Waals surface area contributed by atoms with Crippen molar-refractivity contribution >= 4 is 23.7 Å². The van der Waals surface area contributed by atoms with Crippen molar-refractivity contribution in [3.8, 4) is 0 Å². The van der Waals surface area contributed by atoms with Crippen molar-refractivity contribution in [3.63, 3.8) is 0 Å². The first-order valence-corrected chi connectivity index (χ1v) is 10.2. The molecule has 1 fully saturated rings. The van der Waals surface area contributed by atoms with Crippen LogP contribution >= 0.6 is 0 Å². The van der Waals surface area contributed by atoms with Gasteiger partial charge in [0.1, 0.15) is 23.7 Å². The molecule has 174 valence electrons. The molecule has 10 heteroatoms. The summed E-state index contributed by atoms with van der Waals surface area (Å²) < 4.78 is 31.8. The van der Waals surface area contributed by atoms with Gasteiger partial charge in [0.25, 0.3) is 11.8 Å². The van der Waals surface area contributed by atoms with Gasteiger partial charge in [-0.15, -0.1) is 0 Å². The number of esters is 1. The Morgan fingerprint density at radius 3 is 2.09 bits per heavy atom. The molecule has 0 aliphatic carbocycles. The Bertz CT molecular complexity index is 1080. The molecule has 3 rings (SSSR count). The van der Waals surface area contributed by atoms with Crippen molar-refractivity contribution in [1.29, 1.82) is 0 Å². The van der Waals surface area contributed by atoms with E-state index in [0.717, 1.165) is 12.1 Å². The first-order chi connectivity index (χ1) is 15.7. The number of carbonyl (C=O) groups is 4. The van der Waals surface area contributed by atoms with Gasteiger partial charge < -0.3 is 19.9 Å². The number of methoxy groups -OCH3 is 1. The van der Waals surface area contributed by atoms with Crippen LogP contribution in [-0.4, -0.2) is 72.3 Å². The number of hydrogen-bond acceptors (Lipinski definition) is 5. The van der Waals surface area contributed by atoms with Crippen molar-refractivity contribution in [2.45, 2.75) is 19.0 Å². The average Bonchev–Trinajstić information content (AvgIpc) is 2.82. The first kappa shape index (κ1) is 23.8. The molecule has 3 amide bonds. The summed E-state index contributed by atoms with van der Waals surface area (Å²) in [7, 11) is 1.17. The lowest BCUT2D eigenvalue weighted by atomic mass is 10.1. The molecular formula is C23H23F2N3O5. The standard InChI is InChI=1S/C23H23F2N3O5/c1-14(23(32)33-2)26-20(29)19-13-27(21(30)15-5-3-7-17(24)11-15)9-10-28(19)22(31)16-6-4-8-18(25)12-16/h3-8,11-12,14,19H,9-10,13H2,1-2H3,(H,26,29). The SMILES string of the molecule is COC(=O)C(C)NC(=O)C1CN(C(=O)c2cccc(F)c2)CCN1C(=O)c1cccc(F)c1. The van der Waals surface area contributed by atoms with Crippen molar-refractivity contribution in [1.82, 2.24) is 15.1 Å². The van der Waals surface area contributed by atoms with Gasteiger partial charge in [0.2, 0.25) is 5.91 Å². The van der Waals surface area contributed by atoms with Gasteiger partial charge in [0.15, 0.2) is 0 Å². The van der Waals surface area contributed by atoms with Gasteiger partial charge in [-0.2, -0.15) is 0 Å². The fourth-order valence-corrected chi connectivity index (χ4v) is 3.57. The van der Waals surface area contributed by atoms with Gasteiger partial charge in [-0.05, 0) is 43.3 Å². The normalized spacial score (nSPS) is 16.7. The third-order valence-electron chi connectivity index (χ3n) is 5.29. The summed E-state index contributed by atoms with van der Waals surface area (Å²) in [6.07, 6.45) is 0. The fourth-order valence-electron chi connectivity index (χ4n) is 3.57. The highest BCUT2D eigenvalue weighted by Crippen LogP contribution is 2.18. The number of rotatable bonds is 5. The Kier molecular flexibility index (Phi) is 7.37. The van der Waals surface area contributed by atoms with Gasteiger partial charge in [-0.3, -0.25) is 14.4 Å². The van der Waals surface area contributed by atoms with E-state index in [1.165, 1.54) is 60.2 Å². The number of amides is 3. The lowest BCUT2D eigenvalue weighted by molar-refractivity contribution is -0.145. The van der Waals surface area contributed by atoms with E-state index in [1.54, 1.807) is 0 Å². The van der Waals surface area contributed by atoms with Crippen LogP contribution in [-0.2, 0) is 14.3 Å². The largest absolute Gasteiger partial charge is 0.467 e. The zero-order chi connectivity index (χ0) is 24.1. The van der Waals surface area contributed by atoms with Crippen LogP contribution in [0.2, 0.25) is 0 Å². The fraction of sp³-hybridized carbons (Fsp3) is 0.304. The highest BCUT2D eigenvalue weighted by atomic mass is 19.1. The summed E-state index contributed by atoms with van der Waals surface area (Å²) in [6.45, 7) is 1.27. The number of nitrogens with one attached hydrogen (secondary N) is 1. The molecule has 1 aliphatic heterocycles. The monoisotopic (exact) mass is 459 g/mol. The van der Waals surface area contributed by atoms with E-state index < -0.39 is 47.4 Å². The number of halogens is 2. The van der Waals surface area contributed by atoms with E-state index in [-0.39, 0.29) is 30.8 Å². The number of piperazine rings is 1. The Hall–Kier alpha value is -3.82. The minimum atomic E-state index is -1.17. The number of nitrogens with zero attached hydrogens (tertiary/aromatic N) is 2. The van der Waals surface area contributed by atoms with Crippen LogP contribution in [0.4, 0.5) is 8.78 Å². The van der Waals surface area contributed by atoms with Crippen LogP contribution in [0.1, 0.15) is 27.6 Å². The van der Waals surface area contributed by atoms with E-state index in [0.29, 0.717) is 0 Å². The Balaban J connectivity index is 1.87. The molecule has 0 saturated carbocycles. The predicted octanol–water partition coefficient (Wildman–Crippen LogP) is 1.61. The van der Waals surface area contributed by atoms with Gasteiger partial charge in [0.05, 0.1) is 13.7 Å². The van der Waals surface area contributed by atoms with E-state index >= 15 is 0 Å². The zero-order valence-corrected chi connectivity index (χ0v) is 18.1. The number of benzene rings is 2. The highest BCUT2D eigenvalue weighted by Gasteiger charge is 2.38. The molecule has 0 radical (unpaired) electrons. The van der Waals surface area contributed by atoms with Crippen LogP contribution in [0, 0.1) is 11.6 Å². The van der Waals surface area contributed by atoms with Crippen LogP contribution in [0.25, 0.3) is 0 Å². The molecule has 1 N–H and O–H groups in total. The van der Waals surface area contributed by atoms with Gasteiger partial charge in [-0.25, -0.2) is 13.6 Å². The quantitative estimate of drug-likeness (QED) is 0.686. The van der Waals surface area contributed by atoms with E-state index in [2.05, 4.69) is 10.1 Å². The molecule has 0 spiro atoms. The maximum Gasteiger partial charge on any atom is 0.328 e. The Morgan fingerprint density at radius 1 is 0.970 bits per heavy atom. The van der Waals surface area contributed by atoms with Crippen molar-refractivity contribution in [3.05, 3.63) is 71.3 Å². The molecule has 33 heavy (non-hydrogen) atoms. The van der Waals surface area contributed by atoms with Gasteiger partial charge in [-0.1, -0.05) is 12.1 Å². The summed E-state index contributed by atoms with van der Waals surface area (Å²) in [5.41, 5.74) is 0.140. The van der Waals surface area contributed by atoms with Gasteiger partial charge >= 0.3 is 5.97 Å². The van der Waals surface area contributed by atoms with Crippen molar-refractivity contribution in [2.24, 2.45) is 0 Å². The second-order valence-electron chi connectivity index (χ2n) is 7.54. The molecule has 2 atom stereocenters. The summed E-state index contributed by atoms with van der Waals surface area (Å²) in [4.78, 5) is 53.3. The van der Waals surface area contributed by atoms with Crippen LogP contribution in [0.15, 0.2) is 48.5 Å². The molecular weight excluding hydrogens is 436 g/mol. The van der Waals surface area contributed by atoms with E-state index in [9.17, 15) is 28.0 Å². The number of ether oxygens (including phenoxy) is 1. The van der Waals surface area contributed by atoms with Crippen molar-refractivity contribution < 1.29 is 32.7 Å². The lowest BCUT2D eigenvalue weighted by Gasteiger charge is -2.40. The average molecular weight is 459 g/mol. The smallest absolute Gasteiger partial charge is 0.328 e. The summed E-state index contributed by atoms with van der Waals surface area (Å²) in [5, 5.41) is 2.48. The molecule has 2 aromatic rings. The van der Waals surface area contributed by atoms with Crippen LogP contribution < -0.4 is 5.32 Å². The lowest BCUT2D eigenvalue weighted by Crippen LogP contribution is -2.62. The Labute approximate surface area is 189 Å². The van der Waals surface area contributed by atoms with E-state index in [1.807, 2.05) is 0 Å². The number of hydrogen-bond donors (Lipinski definition) is 1. The maximum atomic E-state index is 13.7. The molecule has 1 heterocycles. The topological polar surface area (TPSA) is 96.0 Å². The predicted molar refractivity (Wildman–Crippen MR) is 113 cm³/mol. The first-order valence-electron chi connectivity index (χ1n) is 10.2. The molecule has 2 aromatic carbocycles. The summed E-state index contributed by atoms with van der Waals surface area (Å²) in [5.74, 6) is -3.67. The third kappa shape index (κ3) is 5.51. The third-order valence-corrected chi connectivity index (χ3v) is 5.29. The van der Waals surface area contributed by atoms with Gasteiger partial charge in [0, 0.05) is 24.2 Å². The van der Waals surface area contributed by atoms with E-state index in [4.69, 9.17) is 0 Å². The van der Waals surface area contributed by atoms with Crippen LogP contribution in [0.5, 0.6) is 0 Å². The molecule has 0 bridgehead atoms. The summed E-state index contributed by atoms with van der Waals surface area (Å²) in [6, 6.07) is 8.01. The molecule has 1 saturated heterocycles. The van der Waals surface area contributed by atoms with Crippen LogP contribution in [0.3, 0.4) is 0 Å². The molecule has 2 unspecified atom stereocenters. The molecule has 0 aromatic heterocycles. The highest BCUT2D eigenvalue weighted by molar-refractivity contribution is 5.99. The molecule has 1 aliphatic rings. The zero-order valence-electron chi connectivity index (χ0n) is 18.1. The summed E-state index contributed by atoms with van der Waals surface area (Å²) >= 11 is 0. The van der Waals surface area contributed by atoms with Crippen molar-refractivity contribution in [2.75, 3.05) is 26.7 Å². The minimum Gasteiger partial charge on any atom is -0.467 e. The minimum absolute atomic E-state index is 0.0267. The second-order valence-corrected chi connectivity index (χ2v) is 7.54. The number of carbonyl (C=O) groups excluding carboxylic acids is 4. The second kappa shape index (κ2) is 10.2. The Morgan fingerprint density at radius 2 is 1.55 bits per heavy atom. The maximum absolute atomic E-state index is 13.7.